The molecule has 1 heterocycles. The average Bonchev–Trinajstić information content (AvgIpc) is 3.09. The second-order valence-electron chi connectivity index (χ2n) is 5.73. The fourth-order valence-corrected chi connectivity index (χ4v) is 2.85. The maximum Gasteiger partial charge on any atom is 0.227 e. The summed E-state index contributed by atoms with van der Waals surface area (Å²) < 4.78 is 5.60. The van der Waals surface area contributed by atoms with E-state index in [0.29, 0.717) is 30.4 Å². The number of halogens is 1. The molecule has 0 aliphatic rings. The Bertz CT molecular complexity index is 855. The van der Waals surface area contributed by atoms with E-state index < -0.39 is 0 Å². The molecule has 3 aromatic rings. The highest BCUT2D eigenvalue weighted by molar-refractivity contribution is 6.33. The highest BCUT2D eigenvalue weighted by Crippen LogP contribution is 2.27. The summed E-state index contributed by atoms with van der Waals surface area (Å²) in [6.07, 6.45) is 2.13. The molecule has 25 heavy (non-hydrogen) atoms. The number of oxazole rings is 1. The lowest BCUT2D eigenvalue weighted by atomic mass is 10.2. The number of hydrogen-bond acceptors (Lipinski definition) is 4. The Morgan fingerprint density at radius 2 is 1.80 bits per heavy atom. The monoisotopic (exact) mass is 351 g/mol. The van der Waals surface area contributed by atoms with Crippen LogP contribution in [0.2, 0.25) is 5.02 Å². The third-order valence-corrected chi connectivity index (χ3v) is 4.16. The minimum absolute atomic E-state index is 0.474. The second kappa shape index (κ2) is 8.48. The number of nitrogens with zero attached hydrogens (tertiary/aromatic N) is 3. The molecule has 2 aromatic carbocycles. The minimum Gasteiger partial charge on any atom is -0.444 e. The van der Waals surface area contributed by atoms with Crippen molar-refractivity contribution < 1.29 is 4.42 Å². The summed E-state index contributed by atoms with van der Waals surface area (Å²) in [6.45, 7) is 2.06. The van der Waals surface area contributed by atoms with Crippen LogP contribution >= 0.6 is 11.6 Å². The number of aromatic nitrogens is 1. The number of benzene rings is 2. The SMILES string of the molecule is N#CCCN(Cc1ccccc1)Cc1coc(-c2ccccc2Cl)n1. The summed E-state index contributed by atoms with van der Waals surface area (Å²) in [6, 6.07) is 19.9. The molecule has 5 heteroatoms. The van der Waals surface area contributed by atoms with Gasteiger partial charge in [-0.15, -0.1) is 0 Å². The van der Waals surface area contributed by atoms with E-state index in [9.17, 15) is 0 Å². The summed E-state index contributed by atoms with van der Waals surface area (Å²) in [5.41, 5.74) is 2.81. The maximum atomic E-state index is 8.91. The maximum absolute atomic E-state index is 8.91. The molecule has 4 nitrogen and oxygen atoms in total. The molecule has 0 atom stereocenters. The number of nitriles is 1. The summed E-state index contributed by atoms with van der Waals surface area (Å²) >= 11 is 6.20. The molecular formula is C20H18ClN3O. The lowest BCUT2D eigenvalue weighted by molar-refractivity contribution is 0.259. The standard InChI is InChI=1S/C20H18ClN3O/c21-19-10-5-4-9-18(19)20-23-17(15-25-20)14-24(12-6-11-22)13-16-7-2-1-3-8-16/h1-5,7-10,15H,6,12-14H2. The zero-order valence-corrected chi connectivity index (χ0v) is 14.5. The molecule has 0 amide bonds. The van der Waals surface area contributed by atoms with Crippen molar-refractivity contribution in [2.75, 3.05) is 6.54 Å². The van der Waals surface area contributed by atoms with Crippen LogP contribution in [0.15, 0.2) is 65.3 Å². The third-order valence-electron chi connectivity index (χ3n) is 3.83. The van der Waals surface area contributed by atoms with Crippen molar-refractivity contribution in [1.29, 1.82) is 5.26 Å². The summed E-state index contributed by atoms with van der Waals surface area (Å²) in [5.74, 6) is 0.514. The van der Waals surface area contributed by atoms with Gasteiger partial charge in [0.2, 0.25) is 5.89 Å². The fraction of sp³-hybridized carbons (Fsp3) is 0.200. The number of hydrogen-bond donors (Lipinski definition) is 0. The van der Waals surface area contributed by atoms with Gasteiger partial charge in [0.05, 0.1) is 22.3 Å². The molecule has 0 aliphatic carbocycles. The van der Waals surface area contributed by atoms with Crippen LogP contribution in [0.5, 0.6) is 0 Å². The first-order valence-corrected chi connectivity index (χ1v) is 8.46. The van der Waals surface area contributed by atoms with Crippen molar-refractivity contribution in [2.24, 2.45) is 0 Å². The lowest BCUT2D eigenvalue weighted by Crippen LogP contribution is -2.24. The average molecular weight is 352 g/mol. The number of rotatable bonds is 7. The molecule has 0 fully saturated rings. The molecule has 1 aromatic heterocycles. The van der Waals surface area contributed by atoms with E-state index in [4.69, 9.17) is 21.3 Å². The molecule has 126 valence electrons. The largest absolute Gasteiger partial charge is 0.444 e. The quantitative estimate of drug-likeness (QED) is 0.606. The normalized spacial score (nSPS) is 10.8. The molecule has 3 rings (SSSR count). The summed E-state index contributed by atoms with van der Waals surface area (Å²) in [7, 11) is 0. The second-order valence-corrected chi connectivity index (χ2v) is 6.14. The first kappa shape index (κ1) is 17.2. The van der Waals surface area contributed by atoms with E-state index in [1.165, 1.54) is 5.56 Å². The molecule has 0 N–H and O–H groups in total. The van der Waals surface area contributed by atoms with Crippen LogP contribution in [0.3, 0.4) is 0 Å². The molecule has 0 saturated heterocycles. The van der Waals surface area contributed by atoms with Crippen LogP contribution in [0.25, 0.3) is 11.5 Å². The Hall–Kier alpha value is -2.61. The van der Waals surface area contributed by atoms with E-state index in [0.717, 1.165) is 17.8 Å². The van der Waals surface area contributed by atoms with Crippen LogP contribution in [0, 0.1) is 11.3 Å². The van der Waals surface area contributed by atoms with Crippen LogP contribution < -0.4 is 0 Å². The Morgan fingerprint density at radius 3 is 2.56 bits per heavy atom. The fourth-order valence-electron chi connectivity index (χ4n) is 2.63. The summed E-state index contributed by atoms with van der Waals surface area (Å²) in [5, 5.41) is 9.52. The third kappa shape index (κ3) is 4.69. The van der Waals surface area contributed by atoms with Crippen molar-refractivity contribution in [3.05, 3.63) is 77.1 Å². The minimum atomic E-state index is 0.474. The van der Waals surface area contributed by atoms with Crippen LogP contribution in [0.1, 0.15) is 17.7 Å². The highest BCUT2D eigenvalue weighted by atomic mass is 35.5. The van der Waals surface area contributed by atoms with Gasteiger partial charge >= 0.3 is 0 Å². The van der Waals surface area contributed by atoms with Gasteiger partial charge in [-0.05, 0) is 17.7 Å². The zero-order valence-electron chi connectivity index (χ0n) is 13.7. The molecule has 0 spiro atoms. The molecule has 0 aliphatic heterocycles. The van der Waals surface area contributed by atoms with Crippen molar-refractivity contribution in [1.82, 2.24) is 9.88 Å². The van der Waals surface area contributed by atoms with E-state index in [1.54, 1.807) is 6.26 Å². The van der Waals surface area contributed by atoms with Gasteiger partial charge in [-0.1, -0.05) is 54.1 Å². The van der Waals surface area contributed by atoms with Gasteiger partial charge < -0.3 is 4.42 Å². The Balaban J connectivity index is 1.74. The zero-order chi connectivity index (χ0) is 17.5. The van der Waals surface area contributed by atoms with Crippen molar-refractivity contribution >= 4 is 11.6 Å². The lowest BCUT2D eigenvalue weighted by Gasteiger charge is -2.19. The van der Waals surface area contributed by atoms with E-state index in [1.807, 2.05) is 42.5 Å². The topological polar surface area (TPSA) is 53.1 Å². The highest BCUT2D eigenvalue weighted by Gasteiger charge is 2.13. The van der Waals surface area contributed by atoms with Crippen molar-refractivity contribution in [2.45, 2.75) is 19.5 Å². The van der Waals surface area contributed by atoms with Crippen LogP contribution in [-0.4, -0.2) is 16.4 Å². The van der Waals surface area contributed by atoms with Gasteiger partial charge in [-0.3, -0.25) is 4.90 Å². The van der Waals surface area contributed by atoms with Gasteiger partial charge in [0.15, 0.2) is 0 Å². The molecule has 0 saturated carbocycles. The smallest absolute Gasteiger partial charge is 0.227 e. The van der Waals surface area contributed by atoms with Crippen molar-refractivity contribution in [3.8, 4) is 17.5 Å². The predicted octanol–water partition coefficient (Wildman–Crippen LogP) is 4.91. The Kier molecular flexibility index (Phi) is 5.84. The Morgan fingerprint density at radius 1 is 1.04 bits per heavy atom. The van der Waals surface area contributed by atoms with Crippen molar-refractivity contribution in [3.63, 3.8) is 0 Å². The predicted molar refractivity (Wildman–Crippen MR) is 97.7 cm³/mol. The van der Waals surface area contributed by atoms with Gasteiger partial charge in [0.1, 0.15) is 6.26 Å². The molecule has 0 bridgehead atoms. The first-order valence-electron chi connectivity index (χ1n) is 8.09. The van der Waals surface area contributed by atoms with Gasteiger partial charge in [-0.25, -0.2) is 4.98 Å². The van der Waals surface area contributed by atoms with E-state index in [2.05, 4.69) is 28.1 Å². The van der Waals surface area contributed by atoms with Crippen LogP contribution in [0.4, 0.5) is 0 Å². The first-order chi connectivity index (χ1) is 12.3. The molecular weight excluding hydrogens is 334 g/mol. The van der Waals surface area contributed by atoms with Crippen LogP contribution in [-0.2, 0) is 13.1 Å². The van der Waals surface area contributed by atoms with E-state index in [-0.39, 0.29) is 0 Å². The van der Waals surface area contributed by atoms with Gasteiger partial charge in [0, 0.05) is 26.1 Å². The van der Waals surface area contributed by atoms with Gasteiger partial charge in [-0.2, -0.15) is 5.26 Å². The van der Waals surface area contributed by atoms with Gasteiger partial charge in [0.25, 0.3) is 0 Å². The molecule has 0 unspecified atom stereocenters. The summed E-state index contributed by atoms with van der Waals surface area (Å²) in [4.78, 5) is 6.74. The molecule has 0 radical (unpaired) electrons. The Labute approximate surface area is 152 Å². The van der Waals surface area contributed by atoms with E-state index >= 15 is 0 Å².